The molecule has 0 atom stereocenters. The van der Waals surface area contributed by atoms with Crippen molar-refractivity contribution < 1.29 is 9.59 Å². The van der Waals surface area contributed by atoms with E-state index in [4.69, 9.17) is 0 Å². The van der Waals surface area contributed by atoms with Crippen molar-refractivity contribution >= 4 is 23.2 Å². The van der Waals surface area contributed by atoms with Crippen LogP contribution in [-0.2, 0) is 0 Å². The number of anilines is 2. The Morgan fingerprint density at radius 2 is 1.25 bits per heavy atom. The van der Waals surface area contributed by atoms with Gasteiger partial charge in [0.25, 0.3) is 11.8 Å². The zero-order valence-corrected chi connectivity index (χ0v) is 16.5. The van der Waals surface area contributed by atoms with Crippen LogP contribution in [-0.4, -0.2) is 16.8 Å². The molecule has 2 aromatic carbocycles. The molecule has 5 heteroatoms. The van der Waals surface area contributed by atoms with Crippen molar-refractivity contribution in [1.82, 2.24) is 4.98 Å². The molecule has 0 aliphatic heterocycles. The quantitative estimate of drug-likeness (QED) is 0.689. The molecule has 1 heterocycles. The highest BCUT2D eigenvalue weighted by Crippen LogP contribution is 2.20. The highest BCUT2D eigenvalue weighted by Gasteiger charge is 2.13. The van der Waals surface area contributed by atoms with Crippen LogP contribution in [0.5, 0.6) is 0 Å². The number of amides is 2. The largest absolute Gasteiger partial charge is 0.322 e. The molecule has 142 valence electrons. The molecular weight excluding hydrogens is 350 g/mol. The summed E-state index contributed by atoms with van der Waals surface area (Å²) in [5, 5.41) is 5.76. The zero-order valence-electron chi connectivity index (χ0n) is 16.5. The standard InChI is InChI=1S/C23H23N3O2/c1-14-7-5-9-19(16(14)3)25-22(27)18-11-12-21(24-13-18)23(28)26-20-10-6-8-15(2)17(20)4/h5-13H,1-4H3,(H,25,27)(H,26,28). The molecule has 3 aromatic rings. The van der Waals surface area contributed by atoms with E-state index < -0.39 is 0 Å². The van der Waals surface area contributed by atoms with Crippen molar-refractivity contribution in [2.45, 2.75) is 27.7 Å². The normalized spacial score (nSPS) is 10.4. The molecule has 2 N–H and O–H groups in total. The number of aryl methyl sites for hydroxylation is 2. The number of nitrogens with zero attached hydrogens (tertiary/aromatic N) is 1. The summed E-state index contributed by atoms with van der Waals surface area (Å²) in [6, 6.07) is 14.7. The lowest BCUT2D eigenvalue weighted by Crippen LogP contribution is -2.17. The van der Waals surface area contributed by atoms with Crippen LogP contribution < -0.4 is 10.6 Å². The summed E-state index contributed by atoms with van der Waals surface area (Å²) in [4.78, 5) is 29.1. The molecule has 28 heavy (non-hydrogen) atoms. The fourth-order valence-electron chi connectivity index (χ4n) is 2.82. The Kier molecular flexibility index (Phi) is 5.54. The third kappa shape index (κ3) is 4.09. The topological polar surface area (TPSA) is 71.1 Å². The Labute approximate surface area is 164 Å². The summed E-state index contributed by atoms with van der Waals surface area (Å²) < 4.78 is 0. The number of rotatable bonds is 4. The summed E-state index contributed by atoms with van der Waals surface area (Å²) >= 11 is 0. The number of carbonyl (C=O) groups excluding carboxylic acids is 2. The minimum absolute atomic E-state index is 0.254. The SMILES string of the molecule is Cc1cccc(NC(=O)c2ccc(C(=O)Nc3cccc(C)c3C)nc2)c1C. The molecule has 2 amide bonds. The van der Waals surface area contributed by atoms with Crippen LogP contribution in [0.25, 0.3) is 0 Å². The van der Waals surface area contributed by atoms with Crippen LogP contribution in [0.2, 0.25) is 0 Å². The number of nitrogens with one attached hydrogen (secondary N) is 2. The molecule has 0 radical (unpaired) electrons. The highest BCUT2D eigenvalue weighted by atomic mass is 16.2. The fourth-order valence-corrected chi connectivity index (χ4v) is 2.82. The van der Waals surface area contributed by atoms with Gasteiger partial charge in [0, 0.05) is 17.6 Å². The van der Waals surface area contributed by atoms with Gasteiger partial charge in [0.15, 0.2) is 0 Å². The van der Waals surface area contributed by atoms with Crippen molar-refractivity contribution in [2.24, 2.45) is 0 Å². The zero-order chi connectivity index (χ0) is 20.3. The second-order valence-corrected chi connectivity index (χ2v) is 6.84. The van der Waals surface area contributed by atoms with Crippen molar-refractivity contribution in [2.75, 3.05) is 10.6 Å². The van der Waals surface area contributed by atoms with Gasteiger partial charge in [0.1, 0.15) is 5.69 Å². The van der Waals surface area contributed by atoms with Crippen LogP contribution in [0.3, 0.4) is 0 Å². The minimum Gasteiger partial charge on any atom is -0.322 e. The lowest BCUT2D eigenvalue weighted by Gasteiger charge is -2.11. The van der Waals surface area contributed by atoms with Crippen LogP contribution in [0, 0.1) is 27.7 Å². The maximum absolute atomic E-state index is 12.5. The maximum Gasteiger partial charge on any atom is 0.274 e. The first-order valence-electron chi connectivity index (χ1n) is 9.08. The van der Waals surface area contributed by atoms with Gasteiger partial charge in [-0.3, -0.25) is 14.6 Å². The molecule has 0 aliphatic rings. The second-order valence-electron chi connectivity index (χ2n) is 6.84. The number of aromatic nitrogens is 1. The van der Waals surface area contributed by atoms with Crippen molar-refractivity contribution in [3.63, 3.8) is 0 Å². The Morgan fingerprint density at radius 3 is 1.75 bits per heavy atom. The number of benzene rings is 2. The molecule has 0 fully saturated rings. The lowest BCUT2D eigenvalue weighted by molar-refractivity contribution is 0.101. The molecule has 0 aliphatic carbocycles. The summed E-state index contributed by atoms with van der Waals surface area (Å²) in [6.07, 6.45) is 1.42. The number of carbonyl (C=O) groups is 2. The van der Waals surface area contributed by atoms with Crippen molar-refractivity contribution in [3.8, 4) is 0 Å². The number of hydrogen-bond donors (Lipinski definition) is 2. The summed E-state index contributed by atoms with van der Waals surface area (Å²) in [6.45, 7) is 7.91. The Hall–Kier alpha value is -3.47. The molecule has 0 bridgehead atoms. The first-order valence-corrected chi connectivity index (χ1v) is 9.08. The van der Waals surface area contributed by atoms with E-state index in [9.17, 15) is 9.59 Å². The average molecular weight is 373 g/mol. The molecule has 0 saturated carbocycles. The first-order chi connectivity index (χ1) is 13.4. The minimum atomic E-state index is -0.310. The first kappa shape index (κ1) is 19.3. The van der Waals surface area contributed by atoms with E-state index in [0.717, 1.165) is 33.6 Å². The second kappa shape index (κ2) is 8.05. The fraction of sp³-hybridized carbons (Fsp3) is 0.174. The van der Waals surface area contributed by atoms with E-state index in [1.54, 1.807) is 12.1 Å². The molecule has 0 unspecified atom stereocenters. The predicted octanol–water partition coefficient (Wildman–Crippen LogP) is 4.82. The van der Waals surface area contributed by atoms with Gasteiger partial charge in [-0.25, -0.2) is 0 Å². The smallest absolute Gasteiger partial charge is 0.274 e. The van der Waals surface area contributed by atoms with Gasteiger partial charge in [0.05, 0.1) is 5.56 Å². The van der Waals surface area contributed by atoms with E-state index in [1.807, 2.05) is 64.1 Å². The summed E-state index contributed by atoms with van der Waals surface area (Å²) in [5.41, 5.74) is 6.41. The summed E-state index contributed by atoms with van der Waals surface area (Å²) in [7, 11) is 0. The van der Waals surface area contributed by atoms with E-state index in [1.165, 1.54) is 6.20 Å². The van der Waals surface area contributed by atoms with Crippen LogP contribution >= 0.6 is 0 Å². The molecule has 3 rings (SSSR count). The van der Waals surface area contributed by atoms with E-state index >= 15 is 0 Å². The monoisotopic (exact) mass is 373 g/mol. The Bertz CT molecular complexity index is 956. The number of pyridine rings is 1. The van der Waals surface area contributed by atoms with Crippen LogP contribution in [0.4, 0.5) is 11.4 Å². The molecule has 1 aromatic heterocycles. The predicted molar refractivity (Wildman–Crippen MR) is 112 cm³/mol. The molecular formula is C23H23N3O2. The van der Waals surface area contributed by atoms with E-state index in [-0.39, 0.29) is 17.5 Å². The molecule has 0 saturated heterocycles. The van der Waals surface area contributed by atoms with Gasteiger partial charge in [-0.1, -0.05) is 24.3 Å². The number of hydrogen-bond acceptors (Lipinski definition) is 3. The van der Waals surface area contributed by atoms with E-state index in [2.05, 4.69) is 15.6 Å². The van der Waals surface area contributed by atoms with Gasteiger partial charge in [0.2, 0.25) is 0 Å². The molecule has 0 spiro atoms. The molecule has 5 nitrogen and oxygen atoms in total. The van der Waals surface area contributed by atoms with Crippen LogP contribution in [0.15, 0.2) is 54.7 Å². The lowest BCUT2D eigenvalue weighted by atomic mass is 10.1. The maximum atomic E-state index is 12.5. The Balaban J connectivity index is 1.72. The van der Waals surface area contributed by atoms with Gasteiger partial charge in [-0.15, -0.1) is 0 Å². The van der Waals surface area contributed by atoms with E-state index in [0.29, 0.717) is 5.56 Å². The van der Waals surface area contributed by atoms with Gasteiger partial charge < -0.3 is 10.6 Å². The van der Waals surface area contributed by atoms with Crippen molar-refractivity contribution in [1.29, 1.82) is 0 Å². The third-order valence-electron chi connectivity index (χ3n) is 4.96. The Morgan fingerprint density at radius 1 is 0.714 bits per heavy atom. The van der Waals surface area contributed by atoms with Crippen molar-refractivity contribution in [3.05, 3.63) is 88.2 Å². The third-order valence-corrected chi connectivity index (χ3v) is 4.96. The van der Waals surface area contributed by atoms with Gasteiger partial charge in [-0.2, -0.15) is 0 Å². The van der Waals surface area contributed by atoms with Gasteiger partial charge in [-0.05, 0) is 74.2 Å². The van der Waals surface area contributed by atoms with Crippen LogP contribution in [0.1, 0.15) is 43.1 Å². The summed E-state index contributed by atoms with van der Waals surface area (Å²) in [5.74, 6) is -0.571. The van der Waals surface area contributed by atoms with Gasteiger partial charge >= 0.3 is 0 Å². The highest BCUT2D eigenvalue weighted by molar-refractivity contribution is 6.06. The average Bonchev–Trinajstić information content (AvgIpc) is 2.69.